The average molecular weight is 251 g/mol. The summed E-state index contributed by atoms with van der Waals surface area (Å²) >= 11 is 0. The maximum Gasteiger partial charge on any atom is 0.218 e. The molecular formula is C13H18FN3O. The predicted molar refractivity (Wildman–Crippen MR) is 65.7 cm³/mol. The summed E-state index contributed by atoms with van der Waals surface area (Å²) in [6.45, 7) is 1.51. The molecule has 2 unspecified atom stereocenters. The first-order chi connectivity index (χ1) is 8.67. The van der Waals surface area contributed by atoms with Gasteiger partial charge in [0.25, 0.3) is 0 Å². The van der Waals surface area contributed by atoms with Crippen LogP contribution in [0.25, 0.3) is 0 Å². The normalized spacial score (nSPS) is 32.1. The van der Waals surface area contributed by atoms with Crippen molar-refractivity contribution in [3.05, 3.63) is 18.3 Å². The van der Waals surface area contributed by atoms with Crippen molar-refractivity contribution in [2.24, 2.45) is 5.92 Å². The van der Waals surface area contributed by atoms with Crippen LogP contribution >= 0.6 is 0 Å². The number of aromatic nitrogens is 2. The van der Waals surface area contributed by atoms with Crippen molar-refractivity contribution in [3.63, 3.8) is 0 Å². The van der Waals surface area contributed by atoms with Crippen LogP contribution in [0.3, 0.4) is 0 Å². The molecule has 2 fully saturated rings. The Balaban J connectivity index is 1.77. The second-order valence-corrected chi connectivity index (χ2v) is 5.44. The second kappa shape index (κ2) is 4.46. The molecule has 2 aliphatic rings. The lowest BCUT2D eigenvalue weighted by molar-refractivity contribution is -0.0613. The highest BCUT2D eigenvalue weighted by molar-refractivity contribution is 5.38. The van der Waals surface area contributed by atoms with Crippen LogP contribution in [0.4, 0.5) is 10.2 Å². The van der Waals surface area contributed by atoms with E-state index in [1.165, 1.54) is 18.8 Å². The highest BCUT2D eigenvalue weighted by Crippen LogP contribution is 2.40. The Morgan fingerprint density at radius 3 is 3.06 bits per heavy atom. The molecular weight excluding hydrogens is 233 g/mol. The molecule has 18 heavy (non-hydrogen) atoms. The number of aliphatic hydroxyl groups is 1. The van der Waals surface area contributed by atoms with Gasteiger partial charge in [0.15, 0.2) is 0 Å². The molecule has 1 aliphatic carbocycles. The van der Waals surface area contributed by atoms with Crippen molar-refractivity contribution >= 4 is 5.82 Å². The Morgan fingerprint density at radius 2 is 2.22 bits per heavy atom. The summed E-state index contributed by atoms with van der Waals surface area (Å²) < 4.78 is 13.1. The number of fused-ring (bicyclic) bond motifs is 1. The van der Waals surface area contributed by atoms with Crippen molar-refractivity contribution in [1.82, 2.24) is 9.97 Å². The van der Waals surface area contributed by atoms with Gasteiger partial charge in [0.1, 0.15) is 12.1 Å². The minimum atomic E-state index is -0.500. The van der Waals surface area contributed by atoms with Gasteiger partial charge in [0.2, 0.25) is 5.95 Å². The first-order valence-electron chi connectivity index (χ1n) is 6.62. The maximum atomic E-state index is 13.1. The van der Waals surface area contributed by atoms with Crippen LogP contribution in [0.15, 0.2) is 12.4 Å². The molecule has 3 rings (SSSR count). The van der Waals surface area contributed by atoms with Gasteiger partial charge in [-0.3, -0.25) is 0 Å². The van der Waals surface area contributed by atoms with Gasteiger partial charge in [0.05, 0.1) is 5.60 Å². The number of halogens is 1. The van der Waals surface area contributed by atoms with Crippen LogP contribution in [0.5, 0.6) is 0 Å². The molecule has 0 bridgehead atoms. The largest absolute Gasteiger partial charge is 0.389 e. The Morgan fingerprint density at radius 1 is 1.33 bits per heavy atom. The summed E-state index contributed by atoms with van der Waals surface area (Å²) in [6.07, 6.45) is 6.27. The van der Waals surface area contributed by atoms with Crippen LogP contribution in [0.1, 0.15) is 32.1 Å². The molecule has 0 aromatic carbocycles. The molecule has 1 aromatic rings. The lowest BCUT2D eigenvalue weighted by atomic mass is 9.71. The summed E-state index contributed by atoms with van der Waals surface area (Å²) in [4.78, 5) is 9.66. The summed E-state index contributed by atoms with van der Waals surface area (Å²) in [5.41, 5.74) is -0.500. The highest BCUT2D eigenvalue weighted by Gasteiger charge is 2.42. The van der Waals surface area contributed by atoms with E-state index in [2.05, 4.69) is 14.9 Å². The van der Waals surface area contributed by atoms with Crippen LogP contribution in [0, 0.1) is 11.9 Å². The van der Waals surface area contributed by atoms with E-state index in [0.29, 0.717) is 5.82 Å². The molecule has 98 valence electrons. The standard InChI is InChI=1S/C13H18FN3O/c14-11-7-12(16-9-15-11)17-6-5-13(18)4-2-1-3-10(13)8-17/h7,9-10,18H,1-6,8H2. The lowest BCUT2D eigenvalue weighted by Gasteiger charge is -2.47. The zero-order chi connectivity index (χ0) is 12.6. The molecule has 1 saturated carbocycles. The summed E-state index contributed by atoms with van der Waals surface area (Å²) in [5, 5.41) is 10.6. The monoisotopic (exact) mass is 251 g/mol. The van der Waals surface area contributed by atoms with Crippen molar-refractivity contribution in [2.45, 2.75) is 37.7 Å². The van der Waals surface area contributed by atoms with E-state index in [1.54, 1.807) is 0 Å². The lowest BCUT2D eigenvalue weighted by Crippen LogP contribution is -2.53. The van der Waals surface area contributed by atoms with Crippen molar-refractivity contribution < 1.29 is 9.50 Å². The number of piperidine rings is 1. The molecule has 4 nitrogen and oxygen atoms in total. The van der Waals surface area contributed by atoms with Crippen molar-refractivity contribution in [2.75, 3.05) is 18.0 Å². The molecule has 0 spiro atoms. The molecule has 1 aliphatic heterocycles. The smallest absolute Gasteiger partial charge is 0.218 e. The van der Waals surface area contributed by atoms with Crippen LogP contribution in [-0.4, -0.2) is 33.8 Å². The molecule has 2 heterocycles. The van der Waals surface area contributed by atoms with Crippen LogP contribution in [-0.2, 0) is 0 Å². The van der Waals surface area contributed by atoms with Crippen LogP contribution in [0.2, 0.25) is 0 Å². The topological polar surface area (TPSA) is 49.2 Å². The summed E-state index contributed by atoms with van der Waals surface area (Å²) in [5.74, 6) is 0.428. The van der Waals surface area contributed by atoms with E-state index in [0.717, 1.165) is 38.8 Å². The molecule has 2 atom stereocenters. The van der Waals surface area contributed by atoms with Gasteiger partial charge in [-0.25, -0.2) is 9.97 Å². The first kappa shape index (κ1) is 11.8. The third-order valence-electron chi connectivity index (χ3n) is 4.37. The van der Waals surface area contributed by atoms with Gasteiger partial charge in [-0.15, -0.1) is 0 Å². The number of rotatable bonds is 1. The highest BCUT2D eigenvalue weighted by atomic mass is 19.1. The fraction of sp³-hybridized carbons (Fsp3) is 0.692. The van der Waals surface area contributed by atoms with E-state index < -0.39 is 11.5 Å². The quantitative estimate of drug-likeness (QED) is 0.772. The van der Waals surface area contributed by atoms with E-state index in [4.69, 9.17) is 0 Å². The Kier molecular flexibility index (Phi) is 2.93. The van der Waals surface area contributed by atoms with Gasteiger partial charge in [-0.2, -0.15) is 4.39 Å². The molecule has 0 radical (unpaired) electrons. The fourth-order valence-corrected chi connectivity index (χ4v) is 3.28. The van der Waals surface area contributed by atoms with Crippen LogP contribution < -0.4 is 4.90 Å². The molecule has 5 heteroatoms. The third-order valence-corrected chi connectivity index (χ3v) is 4.37. The molecule has 0 amide bonds. The first-order valence-corrected chi connectivity index (χ1v) is 6.62. The van der Waals surface area contributed by atoms with Gasteiger partial charge in [-0.1, -0.05) is 12.8 Å². The van der Waals surface area contributed by atoms with Gasteiger partial charge < -0.3 is 10.0 Å². The van der Waals surface area contributed by atoms with Gasteiger partial charge in [-0.05, 0) is 19.3 Å². The number of hydrogen-bond acceptors (Lipinski definition) is 4. The van der Waals surface area contributed by atoms with E-state index >= 15 is 0 Å². The number of hydrogen-bond donors (Lipinski definition) is 1. The zero-order valence-corrected chi connectivity index (χ0v) is 10.3. The average Bonchev–Trinajstić information content (AvgIpc) is 2.37. The fourth-order valence-electron chi connectivity index (χ4n) is 3.28. The summed E-state index contributed by atoms with van der Waals surface area (Å²) in [7, 11) is 0. The second-order valence-electron chi connectivity index (χ2n) is 5.44. The van der Waals surface area contributed by atoms with E-state index in [9.17, 15) is 9.50 Å². The Hall–Kier alpha value is -1.23. The number of anilines is 1. The Labute approximate surface area is 106 Å². The third kappa shape index (κ3) is 2.07. The van der Waals surface area contributed by atoms with E-state index in [1.807, 2.05) is 0 Å². The van der Waals surface area contributed by atoms with E-state index in [-0.39, 0.29) is 5.92 Å². The molecule has 1 aromatic heterocycles. The van der Waals surface area contributed by atoms with Crippen molar-refractivity contribution in [1.29, 1.82) is 0 Å². The predicted octanol–water partition coefficient (Wildman–Crippen LogP) is 1.75. The molecule has 1 saturated heterocycles. The minimum absolute atomic E-state index is 0.290. The minimum Gasteiger partial charge on any atom is -0.389 e. The van der Waals surface area contributed by atoms with Gasteiger partial charge >= 0.3 is 0 Å². The summed E-state index contributed by atoms with van der Waals surface area (Å²) in [6, 6.07) is 1.37. The molecule has 1 N–H and O–H groups in total. The SMILES string of the molecule is OC12CCCCC1CN(c1cc(F)ncn1)CC2. The number of nitrogens with zero attached hydrogens (tertiary/aromatic N) is 3. The Bertz CT molecular complexity index is 442. The van der Waals surface area contributed by atoms with Gasteiger partial charge in [0, 0.05) is 25.1 Å². The maximum absolute atomic E-state index is 13.1. The zero-order valence-electron chi connectivity index (χ0n) is 10.3. The van der Waals surface area contributed by atoms with Crippen molar-refractivity contribution in [3.8, 4) is 0 Å².